The van der Waals surface area contributed by atoms with Crippen LogP contribution in [0, 0.1) is 11.8 Å². The molecule has 0 saturated carbocycles. The van der Waals surface area contributed by atoms with Gasteiger partial charge in [-0.2, -0.15) is 0 Å². The van der Waals surface area contributed by atoms with E-state index in [1.165, 1.54) is 11.7 Å². The highest BCUT2D eigenvalue weighted by Crippen LogP contribution is 2.29. The van der Waals surface area contributed by atoms with Gasteiger partial charge in [0.1, 0.15) is 0 Å². The van der Waals surface area contributed by atoms with Gasteiger partial charge >= 0.3 is 0 Å². The Balaban J connectivity index is 3.88. The van der Waals surface area contributed by atoms with Gasteiger partial charge in [0.15, 0.2) is 0 Å². The van der Waals surface area contributed by atoms with Gasteiger partial charge in [-0.1, -0.05) is 39.8 Å². The lowest BCUT2D eigenvalue weighted by atomic mass is 9.92. The number of rotatable bonds is 5. The van der Waals surface area contributed by atoms with Gasteiger partial charge in [-0.3, -0.25) is 0 Å². The average Bonchev–Trinajstić information content (AvgIpc) is 1.84. The Bertz CT molecular complexity index is 136. The maximum absolute atomic E-state index is 4.06. The molecular weight excluding hydrogens is 163 g/mol. The molecule has 72 valence electrons. The lowest BCUT2D eigenvalue weighted by molar-refractivity contribution is 0.487. The summed E-state index contributed by atoms with van der Waals surface area (Å²) in [4.78, 5) is 0. The standard InChI is InChI=1S/C11H23P/c1-8(2)11(9(3)4)7-12-10(5)6/h9-12H,1,7H2,2-6H3. The van der Waals surface area contributed by atoms with Crippen molar-refractivity contribution in [3.63, 3.8) is 0 Å². The van der Waals surface area contributed by atoms with Gasteiger partial charge < -0.3 is 0 Å². The number of hydrogen-bond acceptors (Lipinski definition) is 0. The van der Waals surface area contributed by atoms with Gasteiger partial charge in [0.05, 0.1) is 0 Å². The third-order valence-corrected chi connectivity index (χ3v) is 3.68. The summed E-state index contributed by atoms with van der Waals surface area (Å²) in [7, 11) is 1.09. The predicted molar refractivity (Wildman–Crippen MR) is 61.5 cm³/mol. The molecule has 0 aromatic heterocycles. The SMILES string of the molecule is C=C(C)C(CPC(C)C)C(C)C. The van der Waals surface area contributed by atoms with Gasteiger partial charge in [-0.15, -0.1) is 8.58 Å². The Hall–Kier alpha value is 0.170. The van der Waals surface area contributed by atoms with E-state index in [0.717, 1.165) is 26.1 Å². The Morgan fingerprint density at radius 1 is 1.25 bits per heavy atom. The van der Waals surface area contributed by atoms with E-state index in [-0.39, 0.29) is 0 Å². The highest BCUT2D eigenvalue weighted by molar-refractivity contribution is 7.38. The van der Waals surface area contributed by atoms with Crippen molar-refractivity contribution in [1.29, 1.82) is 0 Å². The van der Waals surface area contributed by atoms with E-state index in [1.807, 2.05) is 0 Å². The Morgan fingerprint density at radius 3 is 2.00 bits per heavy atom. The summed E-state index contributed by atoms with van der Waals surface area (Å²) in [6.07, 6.45) is 1.34. The van der Waals surface area contributed by atoms with Crippen LogP contribution in [0.3, 0.4) is 0 Å². The number of hydrogen-bond donors (Lipinski definition) is 0. The van der Waals surface area contributed by atoms with Crippen molar-refractivity contribution >= 4 is 8.58 Å². The summed E-state index contributed by atoms with van der Waals surface area (Å²) in [5.41, 5.74) is 2.21. The van der Waals surface area contributed by atoms with Crippen molar-refractivity contribution in [1.82, 2.24) is 0 Å². The molecule has 12 heavy (non-hydrogen) atoms. The van der Waals surface area contributed by atoms with E-state index in [2.05, 4.69) is 41.2 Å². The van der Waals surface area contributed by atoms with Crippen LogP contribution >= 0.6 is 8.58 Å². The quantitative estimate of drug-likeness (QED) is 0.451. The summed E-state index contributed by atoms with van der Waals surface area (Å²) in [6, 6.07) is 0. The zero-order valence-electron chi connectivity index (χ0n) is 9.15. The van der Waals surface area contributed by atoms with Crippen molar-refractivity contribution in [3.8, 4) is 0 Å². The molecule has 0 aliphatic rings. The first kappa shape index (κ1) is 12.2. The maximum atomic E-state index is 4.06. The smallest absolute Gasteiger partial charge is 0.0149 e. The van der Waals surface area contributed by atoms with Crippen molar-refractivity contribution in [2.45, 2.75) is 40.3 Å². The molecule has 0 radical (unpaired) electrons. The molecule has 0 nitrogen and oxygen atoms in total. The molecule has 1 heteroatoms. The predicted octanol–water partition coefficient (Wildman–Crippen LogP) is 3.92. The zero-order chi connectivity index (χ0) is 9.72. The third kappa shape index (κ3) is 4.93. The molecule has 2 unspecified atom stereocenters. The van der Waals surface area contributed by atoms with Crippen LogP contribution in [0.1, 0.15) is 34.6 Å². The topological polar surface area (TPSA) is 0 Å². The summed E-state index contributed by atoms with van der Waals surface area (Å²) in [6.45, 7) is 15.4. The van der Waals surface area contributed by atoms with Crippen LogP contribution in [0.5, 0.6) is 0 Å². The van der Waals surface area contributed by atoms with Crippen LogP contribution in [0.4, 0.5) is 0 Å². The van der Waals surface area contributed by atoms with Crippen LogP contribution in [0.2, 0.25) is 0 Å². The van der Waals surface area contributed by atoms with E-state index in [0.29, 0.717) is 0 Å². The molecule has 0 rings (SSSR count). The molecule has 0 aromatic rings. The fourth-order valence-electron chi connectivity index (χ4n) is 1.34. The summed E-state index contributed by atoms with van der Waals surface area (Å²) in [5.74, 6) is 1.50. The second-order valence-corrected chi connectivity index (χ2v) is 6.23. The minimum Gasteiger partial charge on any atom is -0.119 e. The summed E-state index contributed by atoms with van der Waals surface area (Å²) < 4.78 is 0. The largest absolute Gasteiger partial charge is 0.119 e. The molecule has 0 amide bonds. The van der Waals surface area contributed by atoms with E-state index in [1.54, 1.807) is 0 Å². The average molecular weight is 186 g/mol. The van der Waals surface area contributed by atoms with Crippen LogP contribution in [-0.4, -0.2) is 11.8 Å². The lowest BCUT2D eigenvalue weighted by Crippen LogP contribution is -2.12. The van der Waals surface area contributed by atoms with Crippen LogP contribution in [0.15, 0.2) is 12.2 Å². The molecule has 0 aromatic carbocycles. The fourth-order valence-corrected chi connectivity index (χ4v) is 2.89. The first-order valence-electron chi connectivity index (χ1n) is 4.84. The van der Waals surface area contributed by atoms with Crippen molar-refractivity contribution in [3.05, 3.63) is 12.2 Å². The van der Waals surface area contributed by atoms with Crippen LogP contribution in [-0.2, 0) is 0 Å². The molecule has 2 atom stereocenters. The Labute approximate surface area is 79.6 Å². The summed E-state index contributed by atoms with van der Waals surface area (Å²) in [5, 5.41) is 0. The van der Waals surface area contributed by atoms with E-state index < -0.39 is 0 Å². The monoisotopic (exact) mass is 186 g/mol. The summed E-state index contributed by atoms with van der Waals surface area (Å²) >= 11 is 0. The molecule has 0 saturated heterocycles. The molecule has 0 aliphatic carbocycles. The Morgan fingerprint density at radius 2 is 1.75 bits per heavy atom. The second kappa shape index (κ2) is 5.75. The van der Waals surface area contributed by atoms with Crippen molar-refractivity contribution in [2.75, 3.05) is 6.16 Å². The lowest BCUT2D eigenvalue weighted by Gasteiger charge is -2.21. The van der Waals surface area contributed by atoms with Crippen LogP contribution in [0.25, 0.3) is 0 Å². The molecule has 0 heterocycles. The molecule has 0 bridgehead atoms. The molecule has 0 fully saturated rings. The molecule has 0 N–H and O–H groups in total. The van der Waals surface area contributed by atoms with Gasteiger partial charge in [0.2, 0.25) is 0 Å². The van der Waals surface area contributed by atoms with E-state index >= 15 is 0 Å². The van der Waals surface area contributed by atoms with Gasteiger partial charge in [-0.25, -0.2) is 0 Å². The molecular formula is C11H23P. The normalized spacial score (nSPS) is 14.9. The fraction of sp³-hybridized carbons (Fsp3) is 0.818. The van der Waals surface area contributed by atoms with Crippen molar-refractivity contribution in [2.24, 2.45) is 11.8 Å². The zero-order valence-corrected chi connectivity index (χ0v) is 10.1. The first-order chi connectivity index (χ1) is 5.45. The van der Waals surface area contributed by atoms with Crippen molar-refractivity contribution < 1.29 is 0 Å². The maximum Gasteiger partial charge on any atom is -0.0149 e. The third-order valence-electron chi connectivity index (χ3n) is 2.18. The number of allylic oxidation sites excluding steroid dienone is 1. The minimum absolute atomic E-state index is 0.741. The van der Waals surface area contributed by atoms with Crippen LogP contribution < -0.4 is 0 Å². The Kier molecular flexibility index (Phi) is 5.84. The highest BCUT2D eigenvalue weighted by Gasteiger charge is 2.13. The molecule has 0 spiro atoms. The van der Waals surface area contributed by atoms with E-state index in [9.17, 15) is 0 Å². The highest BCUT2D eigenvalue weighted by atomic mass is 31.1. The molecule has 0 aliphatic heterocycles. The van der Waals surface area contributed by atoms with Gasteiger partial charge in [0.25, 0.3) is 0 Å². The van der Waals surface area contributed by atoms with Gasteiger partial charge in [-0.05, 0) is 30.6 Å². The first-order valence-corrected chi connectivity index (χ1v) is 6.12. The minimum atomic E-state index is 0.741. The second-order valence-electron chi connectivity index (χ2n) is 4.26. The van der Waals surface area contributed by atoms with E-state index in [4.69, 9.17) is 0 Å². The van der Waals surface area contributed by atoms with Gasteiger partial charge in [0, 0.05) is 0 Å².